The average Bonchev–Trinajstić information content (AvgIpc) is 2.76. The molecule has 0 N–H and O–H groups in total. The van der Waals surface area contributed by atoms with Gasteiger partial charge >= 0.3 is 0 Å². The molecule has 0 aliphatic carbocycles. The summed E-state index contributed by atoms with van der Waals surface area (Å²) in [7, 11) is 2.22. The zero-order valence-corrected chi connectivity index (χ0v) is 18.5. The summed E-state index contributed by atoms with van der Waals surface area (Å²) in [6.45, 7) is 12.5. The van der Waals surface area contributed by atoms with E-state index in [2.05, 4.69) is 44.8 Å². The van der Waals surface area contributed by atoms with E-state index < -0.39 is 0 Å². The van der Waals surface area contributed by atoms with Crippen LogP contribution in [0.15, 0.2) is 18.2 Å². The van der Waals surface area contributed by atoms with Gasteiger partial charge in [0.05, 0.1) is 30.6 Å². The summed E-state index contributed by atoms with van der Waals surface area (Å²) in [5, 5.41) is 0. The molecule has 4 fully saturated rings. The topological polar surface area (TPSA) is 44.3 Å². The maximum absolute atomic E-state index is 6.48. The monoisotopic (exact) mass is 415 g/mol. The first-order chi connectivity index (χ1) is 14.7. The molecule has 1 unspecified atom stereocenters. The van der Waals surface area contributed by atoms with Crippen molar-refractivity contribution in [2.45, 2.75) is 37.5 Å². The predicted molar refractivity (Wildman–Crippen MR) is 118 cm³/mol. The summed E-state index contributed by atoms with van der Waals surface area (Å²) in [6, 6.07) is 6.44. The molecule has 166 valence electrons. The predicted octanol–water partition coefficient (Wildman–Crippen LogP) is 1.29. The molecule has 7 nitrogen and oxygen atoms in total. The van der Waals surface area contributed by atoms with Crippen LogP contribution in [0.5, 0.6) is 0 Å². The first-order valence-corrected chi connectivity index (χ1v) is 11.8. The molecular weight excluding hydrogens is 378 g/mol. The first-order valence-electron chi connectivity index (χ1n) is 11.8. The zero-order chi connectivity index (χ0) is 20.4. The smallest absolute Gasteiger partial charge is 0.129 e. The molecule has 4 aliphatic rings. The number of anilines is 1. The van der Waals surface area contributed by atoms with Crippen LogP contribution >= 0.6 is 0 Å². The second-order valence-electron chi connectivity index (χ2n) is 9.59. The Balaban J connectivity index is 1.06. The summed E-state index contributed by atoms with van der Waals surface area (Å²) in [5.74, 6) is 1.10. The van der Waals surface area contributed by atoms with Crippen molar-refractivity contribution in [3.63, 3.8) is 0 Å². The number of rotatable bonds is 5. The number of hydrogen-bond donors (Lipinski definition) is 0. The van der Waals surface area contributed by atoms with Crippen molar-refractivity contribution in [2.75, 3.05) is 84.1 Å². The van der Waals surface area contributed by atoms with Crippen molar-refractivity contribution >= 4 is 5.82 Å². The van der Waals surface area contributed by atoms with Gasteiger partial charge in [-0.15, -0.1) is 0 Å². The molecule has 5 heterocycles. The van der Waals surface area contributed by atoms with E-state index in [1.165, 1.54) is 38.3 Å². The van der Waals surface area contributed by atoms with E-state index in [0.717, 1.165) is 71.1 Å². The Morgan fingerprint density at radius 1 is 0.967 bits per heavy atom. The third kappa shape index (κ3) is 4.81. The van der Waals surface area contributed by atoms with Crippen molar-refractivity contribution in [1.82, 2.24) is 19.7 Å². The summed E-state index contributed by atoms with van der Waals surface area (Å²) >= 11 is 0. The Hall–Kier alpha value is -1.25. The van der Waals surface area contributed by atoms with Crippen LogP contribution in [-0.2, 0) is 16.0 Å². The van der Waals surface area contributed by atoms with Crippen molar-refractivity contribution in [3.05, 3.63) is 23.9 Å². The normalized spacial score (nSPS) is 28.6. The van der Waals surface area contributed by atoms with Gasteiger partial charge in [-0.1, -0.05) is 6.07 Å². The second kappa shape index (κ2) is 9.09. The van der Waals surface area contributed by atoms with Crippen LogP contribution in [0.1, 0.15) is 25.0 Å². The number of piperazine rings is 1. The van der Waals surface area contributed by atoms with E-state index in [-0.39, 0.29) is 5.60 Å². The van der Waals surface area contributed by atoms with E-state index in [1.807, 2.05) is 0 Å². The van der Waals surface area contributed by atoms with Gasteiger partial charge in [-0.2, -0.15) is 0 Å². The maximum Gasteiger partial charge on any atom is 0.129 e. The summed E-state index contributed by atoms with van der Waals surface area (Å²) in [5.41, 5.74) is 1.34. The van der Waals surface area contributed by atoms with Crippen molar-refractivity contribution in [2.24, 2.45) is 0 Å². The van der Waals surface area contributed by atoms with Gasteiger partial charge in [-0.25, -0.2) is 4.98 Å². The first kappa shape index (κ1) is 20.6. The Morgan fingerprint density at radius 3 is 2.43 bits per heavy atom. The molecule has 5 rings (SSSR count). The standard InChI is InChI=1S/C23H37N5O2/c1-25-9-11-27(12-10-25)19-21-17-23(30-21)5-7-26(8-6-23)18-20-3-2-4-22(24-20)28-13-15-29-16-14-28/h2-4,21H,5-19H2,1H3. The van der Waals surface area contributed by atoms with Gasteiger partial charge in [0.1, 0.15) is 5.82 Å². The number of nitrogens with zero attached hydrogens (tertiary/aromatic N) is 5. The number of likely N-dealkylation sites (tertiary alicyclic amines) is 1. The van der Waals surface area contributed by atoms with E-state index >= 15 is 0 Å². The molecule has 0 aromatic carbocycles. The quantitative estimate of drug-likeness (QED) is 0.718. The molecule has 4 aliphatic heterocycles. The Kier molecular flexibility index (Phi) is 6.25. The molecule has 30 heavy (non-hydrogen) atoms. The fraction of sp³-hybridized carbons (Fsp3) is 0.783. The minimum atomic E-state index is 0.164. The van der Waals surface area contributed by atoms with Gasteiger partial charge in [0.15, 0.2) is 0 Å². The van der Waals surface area contributed by atoms with E-state index in [1.54, 1.807) is 0 Å². The fourth-order valence-electron chi connectivity index (χ4n) is 5.37. The van der Waals surface area contributed by atoms with Crippen molar-refractivity contribution in [1.29, 1.82) is 0 Å². The average molecular weight is 416 g/mol. The molecule has 1 spiro atoms. The molecule has 4 saturated heterocycles. The van der Waals surface area contributed by atoms with Gasteiger partial charge in [0, 0.05) is 71.9 Å². The third-order valence-corrected chi connectivity index (χ3v) is 7.35. The van der Waals surface area contributed by atoms with E-state index in [0.29, 0.717) is 6.10 Å². The lowest BCUT2D eigenvalue weighted by atomic mass is 9.80. The lowest BCUT2D eigenvalue weighted by Crippen LogP contribution is -2.60. The highest BCUT2D eigenvalue weighted by atomic mass is 16.5. The SMILES string of the molecule is CN1CCN(CC2CC3(CCN(Cc4cccc(N5CCOCC5)n4)CC3)O2)CC1. The van der Waals surface area contributed by atoms with Crippen LogP contribution in [0.25, 0.3) is 0 Å². The minimum absolute atomic E-state index is 0.164. The lowest BCUT2D eigenvalue weighted by Gasteiger charge is -2.53. The van der Waals surface area contributed by atoms with Gasteiger partial charge < -0.3 is 19.3 Å². The van der Waals surface area contributed by atoms with Crippen LogP contribution in [0.4, 0.5) is 5.82 Å². The molecule has 0 radical (unpaired) electrons. The van der Waals surface area contributed by atoms with E-state index in [9.17, 15) is 0 Å². The number of ether oxygens (including phenoxy) is 2. The fourth-order valence-corrected chi connectivity index (χ4v) is 5.37. The molecule has 1 aromatic rings. The number of pyridine rings is 1. The molecule has 0 amide bonds. The minimum Gasteiger partial charge on any atom is -0.378 e. The van der Waals surface area contributed by atoms with Crippen molar-refractivity contribution < 1.29 is 9.47 Å². The van der Waals surface area contributed by atoms with Crippen LogP contribution in [-0.4, -0.2) is 111 Å². The van der Waals surface area contributed by atoms with E-state index in [4.69, 9.17) is 14.5 Å². The lowest BCUT2D eigenvalue weighted by molar-refractivity contribution is -0.230. The number of morpholine rings is 1. The van der Waals surface area contributed by atoms with Crippen molar-refractivity contribution in [3.8, 4) is 0 Å². The number of piperidine rings is 1. The highest BCUT2D eigenvalue weighted by molar-refractivity contribution is 5.39. The van der Waals surface area contributed by atoms with Gasteiger partial charge in [-0.05, 0) is 32.0 Å². The van der Waals surface area contributed by atoms with Crippen LogP contribution in [0.2, 0.25) is 0 Å². The molecule has 1 atom stereocenters. The molecular formula is C23H37N5O2. The van der Waals surface area contributed by atoms with Gasteiger partial charge in [0.2, 0.25) is 0 Å². The van der Waals surface area contributed by atoms with Crippen LogP contribution in [0, 0.1) is 0 Å². The highest BCUT2D eigenvalue weighted by Crippen LogP contribution is 2.41. The molecule has 1 aromatic heterocycles. The third-order valence-electron chi connectivity index (χ3n) is 7.35. The number of hydrogen-bond acceptors (Lipinski definition) is 7. The Labute approximate surface area is 180 Å². The largest absolute Gasteiger partial charge is 0.378 e. The maximum atomic E-state index is 6.48. The molecule has 0 saturated carbocycles. The van der Waals surface area contributed by atoms with Crippen LogP contribution in [0.3, 0.4) is 0 Å². The Morgan fingerprint density at radius 2 is 1.70 bits per heavy atom. The van der Waals surface area contributed by atoms with Gasteiger partial charge in [0.25, 0.3) is 0 Å². The van der Waals surface area contributed by atoms with Crippen LogP contribution < -0.4 is 4.90 Å². The number of likely N-dealkylation sites (N-methyl/N-ethyl adjacent to an activating group) is 1. The number of aromatic nitrogens is 1. The summed E-state index contributed by atoms with van der Waals surface area (Å²) < 4.78 is 11.9. The summed E-state index contributed by atoms with van der Waals surface area (Å²) in [4.78, 5) is 14.8. The zero-order valence-electron chi connectivity index (χ0n) is 18.5. The molecule has 7 heteroatoms. The highest BCUT2D eigenvalue weighted by Gasteiger charge is 2.47. The van der Waals surface area contributed by atoms with Gasteiger partial charge in [-0.3, -0.25) is 9.80 Å². The second-order valence-corrected chi connectivity index (χ2v) is 9.59. The summed E-state index contributed by atoms with van der Waals surface area (Å²) in [6.07, 6.45) is 4.02. The Bertz CT molecular complexity index is 687. The molecule has 0 bridgehead atoms.